The van der Waals surface area contributed by atoms with Crippen LogP contribution in [-0.2, 0) is 11.0 Å². The van der Waals surface area contributed by atoms with E-state index in [9.17, 15) is 18.0 Å². The van der Waals surface area contributed by atoms with Crippen molar-refractivity contribution in [2.24, 2.45) is 0 Å². The summed E-state index contributed by atoms with van der Waals surface area (Å²) in [5.74, 6) is 1.33. The fraction of sp³-hybridized carbons (Fsp3) is 0.316. The van der Waals surface area contributed by atoms with Crippen molar-refractivity contribution in [3.8, 4) is 17.2 Å². The molecule has 0 spiro atoms. The van der Waals surface area contributed by atoms with Crippen molar-refractivity contribution in [1.82, 2.24) is 5.32 Å². The molecule has 0 saturated carbocycles. The van der Waals surface area contributed by atoms with E-state index < -0.39 is 17.8 Å². The van der Waals surface area contributed by atoms with Crippen LogP contribution in [0.1, 0.15) is 19.4 Å². The van der Waals surface area contributed by atoms with E-state index in [1.54, 1.807) is 25.1 Å². The third-order valence-electron chi connectivity index (χ3n) is 3.62. The van der Waals surface area contributed by atoms with Crippen LogP contribution < -0.4 is 14.8 Å². The molecule has 0 radical (unpaired) electrons. The zero-order chi connectivity index (χ0) is 20.9. The summed E-state index contributed by atoms with van der Waals surface area (Å²) in [6, 6.07) is 7.85. The molecule has 0 aliphatic carbocycles. The summed E-state index contributed by atoms with van der Waals surface area (Å²) in [5, 5.41) is 2.34. The molecule has 2 aromatic rings. The second-order valence-electron chi connectivity index (χ2n) is 5.66. The van der Waals surface area contributed by atoms with Gasteiger partial charge in [-0.25, -0.2) is 0 Å². The van der Waals surface area contributed by atoms with Crippen LogP contribution in [0.2, 0.25) is 5.02 Å². The molecule has 4 nitrogen and oxygen atoms in total. The van der Waals surface area contributed by atoms with Crippen molar-refractivity contribution in [2.45, 2.75) is 31.0 Å². The Morgan fingerprint density at radius 1 is 1.21 bits per heavy atom. The lowest BCUT2D eigenvalue weighted by Gasteiger charge is -2.17. The number of amides is 1. The molecule has 152 valence electrons. The molecule has 1 unspecified atom stereocenters. The number of benzene rings is 2. The predicted molar refractivity (Wildman–Crippen MR) is 104 cm³/mol. The van der Waals surface area contributed by atoms with Crippen LogP contribution in [0.4, 0.5) is 13.2 Å². The van der Waals surface area contributed by atoms with Crippen LogP contribution in [0.15, 0.2) is 41.3 Å². The number of thioether (sulfide) groups is 1. The van der Waals surface area contributed by atoms with E-state index in [1.807, 2.05) is 6.92 Å². The fourth-order valence-corrected chi connectivity index (χ4v) is 3.20. The van der Waals surface area contributed by atoms with Gasteiger partial charge in [-0.3, -0.25) is 4.79 Å². The molecule has 1 N–H and O–H groups in total. The van der Waals surface area contributed by atoms with E-state index in [0.29, 0.717) is 11.5 Å². The summed E-state index contributed by atoms with van der Waals surface area (Å²) < 4.78 is 49.6. The molecule has 1 amide bonds. The van der Waals surface area contributed by atoms with Gasteiger partial charge in [0.05, 0.1) is 10.6 Å². The Labute approximate surface area is 170 Å². The Hall–Kier alpha value is -2.06. The van der Waals surface area contributed by atoms with Gasteiger partial charge in [0.1, 0.15) is 17.2 Å². The van der Waals surface area contributed by atoms with Crippen molar-refractivity contribution in [3.05, 3.63) is 47.0 Å². The number of nitrogens with one attached hydrogen (secondary N) is 1. The highest BCUT2D eigenvalue weighted by Crippen LogP contribution is 2.39. The molecule has 0 aliphatic rings. The average Bonchev–Trinajstić information content (AvgIpc) is 2.64. The van der Waals surface area contributed by atoms with Gasteiger partial charge in [-0.2, -0.15) is 13.2 Å². The lowest BCUT2D eigenvalue weighted by atomic mass is 10.2. The maximum atomic E-state index is 12.8. The fourth-order valence-electron chi connectivity index (χ4n) is 2.25. The molecule has 9 heteroatoms. The number of halogens is 4. The standard InChI is InChI=1S/C19H19ClF3NO3S/c1-4-28-17-8-6-13(10-16(17)26-11(2)18(25)24-3)27-15-7-5-12(9-14(15)20)19(21,22)23/h5-11H,4H2,1-3H3,(H,24,25). The van der Waals surface area contributed by atoms with Crippen molar-refractivity contribution in [1.29, 1.82) is 0 Å². The van der Waals surface area contributed by atoms with Gasteiger partial charge in [-0.15, -0.1) is 11.8 Å². The summed E-state index contributed by atoms with van der Waals surface area (Å²) >= 11 is 7.46. The Kier molecular flexibility index (Phi) is 7.48. The van der Waals surface area contributed by atoms with E-state index >= 15 is 0 Å². The second-order valence-corrected chi connectivity index (χ2v) is 7.37. The summed E-state index contributed by atoms with van der Waals surface area (Å²) in [5.41, 5.74) is -0.858. The Bertz CT molecular complexity index is 846. The minimum Gasteiger partial charge on any atom is -0.480 e. The summed E-state index contributed by atoms with van der Waals surface area (Å²) in [7, 11) is 1.51. The zero-order valence-electron chi connectivity index (χ0n) is 15.4. The third-order valence-corrected chi connectivity index (χ3v) is 4.85. The van der Waals surface area contributed by atoms with Gasteiger partial charge < -0.3 is 14.8 Å². The third kappa shape index (κ3) is 5.72. The predicted octanol–water partition coefficient (Wildman–Crippen LogP) is 5.78. The first-order valence-corrected chi connectivity index (χ1v) is 9.71. The SMILES string of the molecule is CCSc1ccc(Oc2ccc(C(F)(F)F)cc2Cl)cc1OC(C)C(=O)NC. The highest BCUT2D eigenvalue weighted by Gasteiger charge is 2.31. The molecule has 1 atom stereocenters. The highest BCUT2D eigenvalue weighted by molar-refractivity contribution is 7.99. The minimum atomic E-state index is -4.49. The van der Waals surface area contributed by atoms with E-state index in [2.05, 4.69) is 5.32 Å². The second kappa shape index (κ2) is 9.43. The highest BCUT2D eigenvalue weighted by atomic mass is 35.5. The molecule has 0 aliphatic heterocycles. The molecular weight excluding hydrogens is 415 g/mol. The summed E-state index contributed by atoms with van der Waals surface area (Å²) in [6.07, 6.45) is -5.22. The number of hydrogen-bond acceptors (Lipinski definition) is 4. The van der Waals surface area contributed by atoms with E-state index in [4.69, 9.17) is 21.1 Å². The van der Waals surface area contributed by atoms with Crippen LogP contribution in [0, 0.1) is 0 Å². The number of alkyl halides is 3. The van der Waals surface area contributed by atoms with Gasteiger partial charge in [0.15, 0.2) is 6.10 Å². The molecule has 28 heavy (non-hydrogen) atoms. The van der Waals surface area contributed by atoms with Gasteiger partial charge >= 0.3 is 6.18 Å². The van der Waals surface area contributed by atoms with Crippen molar-refractivity contribution < 1.29 is 27.4 Å². The molecule has 0 fully saturated rings. The summed E-state index contributed by atoms with van der Waals surface area (Å²) in [6.45, 7) is 3.59. The monoisotopic (exact) mass is 433 g/mol. The molecule has 2 rings (SSSR count). The molecule has 0 saturated heterocycles. The summed E-state index contributed by atoms with van der Waals surface area (Å²) in [4.78, 5) is 12.5. The van der Waals surface area contributed by atoms with Crippen molar-refractivity contribution in [3.63, 3.8) is 0 Å². The molecule has 0 bridgehead atoms. The Balaban J connectivity index is 2.29. The number of hydrogen-bond donors (Lipinski definition) is 1. The van der Waals surface area contributed by atoms with Gasteiger partial charge in [-0.05, 0) is 43.0 Å². The van der Waals surface area contributed by atoms with Gasteiger partial charge in [0, 0.05) is 18.0 Å². The maximum Gasteiger partial charge on any atom is 0.416 e. The number of likely N-dealkylation sites (N-methyl/N-ethyl adjacent to an activating group) is 1. The van der Waals surface area contributed by atoms with Gasteiger partial charge in [0.2, 0.25) is 0 Å². The van der Waals surface area contributed by atoms with Crippen LogP contribution in [0.25, 0.3) is 0 Å². The van der Waals surface area contributed by atoms with Crippen molar-refractivity contribution >= 4 is 29.3 Å². The van der Waals surface area contributed by atoms with Crippen LogP contribution >= 0.6 is 23.4 Å². The number of carbonyl (C=O) groups excluding carboxylic acids is 1. The molecule has 2 aromatic carbocycles. The molecule has 0 aromatic heterocycles. The lowest BCUT2D eigenvalue weighted by molar-refractivity contribution is -0.137. The molecular formula is C19H19ClF3NO3S. The van der Waals surface area contributed by atoms with E-state index in [-0.39, 0.29) is 16.7 Å². The average molecular weight is 434 g/mol. The van der Waals surface area contributed by atoms with Gasteiger partial charge in [-0.1, -0.05) is 18.5 Å². The normalized spacial score (nSPS) is 12.4. The van der Waals surface area contributed by atoms with E-state index in [1.165, 1.54) is 18.8 Å². The lowest BCUT2D eigenvalue weighted by Crippen LogP contribution is -2.33. The van der Waals surface area contributed by atoms with Crippen LogP contribution in [0.5, 0.6) is 17.2 Å². The van der Waals surface area contributed by atoms with Gasteiger partial charge in [0.25, 0.3) is 5.91 Å². The smallest absolute Gasteiger partial charge is 0.416 e. The topological polar surface area (TPSA) is 47.6 Å². The van der Waals surface area contributed by atoms with Crippen LogP contribution in [0.3, 0.4) is 0 Å². The maximum absolute atomic E-state index is 12.8. The van der Waals surface area contributed by atoms with Crippen LogP contribution in [-0.4, -0.2) is 24.8 Å². The number of rotatable bonds is 7. The first kappa shape index (κ1) is 22.2. The number of carbonyl (C=O) groups is 1. The minimum absolute atomic E-state index is 0.0795. The Morgan fingerprint density at radius 2 is 1.93 bits per heavy atom. The Morgan fingerprint density at radius 3 is 2.50 bits per heavy atom. The van der Waals surface area contributed by atoms with E-state index in [0.717, 1.165) is 28.8 Å². The van der Waals surface area contributed by atoms with Crippen molar-refractivity contribution in [2.75, 3.05) is 12.8 Å². The largest absolute Gasteiger partial charge is 0.480 e. The quantitative estimate of drug-likeness (QED) is 0.562. The first-order valence-electron chi connectivity index (χ1n) is 8.35. The number of ether oxygens (including phenoxy) is 2. The zero-order valence-corrected chi connectivity index (χ0v) is 17.0. The first-order chi connectivity index (χ1) is 13.2. The molecule has 0 heterocycles.